The van der Waals surface area contributed by atoms with Gasteiger partial charge in [0.1, 0.15) is 6.04 Å². The van der Waals surface area contributed by atoms with Crippen LogP contribution in [-0.2, 0) is 15.8 Å². The number of alkyl halides is 3. The Morgan fingerprint density at radius 3 is 2.38 bits per heavy atom. The molecular formula is C23H24F3N3O3. The van der Waals surface area contributed by atoms with E-state index >= 15 is 0 Å². The Kier molecular flexibility index (Phi) is 7.17. The Bertz CT molecular complexity index is 979. The summed E-state index contributed by atoms with van der Waals surface area (Å²) in [7, 11) is 0. The van der Waals surface area contributed by atoms with E-state index < -0.39 is 36.1 Å². The summed E-state index contributed by atoms with van der Waals surface area (Å²) in [6.07, 6.45) is -3.50. The number of likely N-dealkylation sites (tertiary alicyclic amines) is 1. The van der Waals surface area contributed by atoms with Crippen LogP contribution in [0.15, 0.2) is 54.6 Å². The zero-order valence-electron chi connectivity index (χ0n) is 17.6. The van der Waals surface area contributed by atoms with Crippen LogP contribution < -0.4 is 5.32 Å². The fraction of sp³-hybridized carbons (Fsp3) is 0.348. The highest BCUT2D eigenvalue weighted by atomic mass is 19.4. The summed E-state index contributed by atoms with van der Waals surface area (Å²) in [5.41, 5.74) is -0.856. The monoisotopic (exact) mass is 447 g/mol. The van der Waals surface area contributed by atoms with Crippen molar-refractivity contribution in [1.29, 1.82) is 0 Å². The van der Waals surface area contributed by atoms with Crippen molar-refractivity contribution in [3.63, 3.8) is 0 Å². The molecule has 6 nitrogen and oxygen atoms in total. The molecule has 0 radical (unpaired) electrons. The smallest absolute Gasteiger partial charge is 0.332 e. The van der Waals surface area contributed by atoms with Crippen molar-refractivity contribution in [2.75, 3.05) is 25.0 Å². The Morgan fingerprint density at radius 2 is 1.72 bits per heavy atom. The maximum atomic E-state index is 13.2. The van der Waals surface area contributed by atoms with Crippen LogP contribution in [0.25, 0.3) is 0 Å². The molecule has 170 valence electrons. The summed E-state index contributed by atoms with van der Waals surface area (Å²) in [4.78, 5) is 41.2. The summed E-state index contributed by atoms with van der Waals surface area (Å²) < 4.78 is 39.5. The topological polar surface area (TPSA) is 69.7 Å². The predicted octanol–water partition coefficient (Wildman–Crippen LogP) is 3.80. The van der Waals surface area contributed by atoms with Crippen LogP contribution in [0.4, 0.5) is 18.9 Å². The average Bonchev–Trinajstić information content (AvgIpc) is 3.26. The minimum atomic E-state index is -4.62. The molecular weight excluding hydrogens is 423 g/mol. The first-order valence-electron chi connectivity index (χ1n) is 10.3. The van der Waals surface area contributed by atoms with Crippen LogP contribution >= 0.6 is 0 Å². The second-order valence-electron chi connectivity index (χ2n) is 7.47. The molecule has 1 aliphatic heterocycles. The number of rotatable bonds is 6. The molecule has 0 saturated carbocycles. The number of para-hydroxylation sites is 1. The minimum Gasteiger partial charge on any atom is -0.332 e. The van der Waals surface area contributed by atoms with E-state index in [0.717, 1.165) is 12.1 Å². The highest BCUT2D eigenvalue weighted by Crippen LogP contribution is 2.34. The zero-order chi connectivity index (χ0) is 23.3. The molecule has 1 aliphatic rings. The van der Waals surface area contributed by atoms with Crippen molar-refractivity contribution < 1.29 is 27.6 Å². The molecule has 32 heavy (non-hydrogen) atoms. The van der Waals surface area contributed by atoms with Gasteiger partial charge in [-0.15, -0.1) is 0 Å². The molecule has 3 amide bonds. The Hall–Kier alpha value is -3.36. The van der Waals surface area contributed by atoms with Gasteiger partial charge in [-0.2, -0.15) is 13.2 Å². The van der Waals surface area contributed by atoms with Crippen LogP contribution in [0.5, 0.6) is 0 Å². The van der Waals surface area contributed by atoms with Gasteiger partial charge in [-0.1, -0.05) is 30.3 Å². The van der Waals surface area contributed by atoms with E-state index in [-0.39, 0.29) is 18.1 Å². The second-order valence-corrected chi connectivity index (χ2v) is 7.47. The number of nitrogens with one attached hydrogen (secondary N) is 1. The van der Waals surface area contributed by atoms with Crippen molar-refractivity contribution in [1.82, 2.24) is 9.80 Å². The molecule has 0 bridgehead atoms. The molecule has 9 heteroatoms. The largest absolute Gasteiger partial charge is 0.418 e. The van der Waals surface area contributed by atoms with Crippen LogP contribution in [0.2, 0.25) is 0 Å². The Balaban J connectivity index is 1.70. The fourth-order valence-corrected chi connectivity index (χ4v) is 3.77. The summed E-state index contributed by atoms with van der Waals surface area (Å²) in [6, 6.07) is 12.6. The number of halogens is 3. The summed E-state index contributed by atoms with van der Waals surface area (Å²) in [5.74, 6) is -1.40. The van der Waals surface area contributed by atoms with Gasteiger partial charge in [-0.25, -0.2) is 0 Å². The predicted molar refractivity (Wildman–Crippen MR) is 113 cm³/mol. The number of benzene rings is 2. The fourth-order valence-electron chi connectivity index (χ4n) is 3.77. The SMILES string of the molecule is CCN(CC(=O)Nc1ccccc1C(F)(F)F)C(=O)C1CCCN1C(=O)c1ccccc1. The zero-order valence-corrected chi connectivity index (χ0v) is 17.6. The maximum Gasteiger partial charge on any atom is 0.418 e. The molecule has 1 atom stereocenters. The van der Waals surface area contributed by atoms with E-state index in [1.807, 2.05) is 0 Å². The molecule has 0 spiro atoms. The van der Waals surface area contributed by atoms with Crippen molar-refractivity contribution in [2.24, 2.45) is 0 Å². The molecule has 1 saturated heterocycles. The molecule has 2 aromatic carbocycles. The van der Waals surface area contributed by atoms with Crippen LogP contribution in [0, 0.1) is 0 Å². The highest BCUT2D eigenvalue weighted by molar-refractivity contribution is 5.99. The number of amides is 3. The van der Waals surface area contributed by atoms with E-state index in [4.69, 9.17) is 0 Å². The van der Waals surface area contributed by atoms with Crippen LogP contribution in [-0.4, -0.2) is 53.2 Å². The van der Waals surface area contributed by atoms with Gasteiger partial charge >= 0.3 is 6.18 Å². The van der Waals surface area contributed by atoms with Gasteiger partial charge in [-0.3, -0.25) is 14.4 Å². The Morgan fingerprint density at radius 1 is 1.06 bits per heavy atom. The van der Waals surface area contributed by atoms with Crippen molar-refractivity contribution in [3.05, 3.63) is 65.7 Å². The third-order valence-electron chi connectivity index (χ3n) is 5.35. The third kappa shape index (κ3) is 5.27. The molecule has 1 heterocycles. The van der Waals surface area contributed by atoms with Crippen LogP contribution in [0.3, 0.4) is 0 Å². The molecule has 3 rings (SSSR count). The summed E-state index contributed by atoms with van der Waals surface area (Å²) in [6.45, 7) is 1.86. The number of nitrogens with zero attached hydrogens (tertiary/aromatic N) is 2. The maximum absolute atomic E-state index is 13.2. The molecule has 1 fully saturated rings. The van der Waals surface area contributed by atoms with Crippen molar-refractivity contribution >= 4 is 23.4 Å². The first kappa shape index (κ1) is 23.3. The lowest BCUT2D eigenvalue weighted by atomic mass is 10.1. The van der Waals surface area contributed by atoms with E-state index in [1.165, 1.54) is 21.9 Å². The van der Waals surface area contributed by atoms with Gasteiger partial charge in [-0.05, 0) is 44.0 Å². The second kappa shape index (κ2) is 9.84. The number of likely N-dealkylation sites (N-methyl/N-ethyl adjacent to an activating group) is 1. The quantitative estimate of drug-likeness (QED) is 0.733. The molecule has 2 aromatic rings. The average molecular weight is 447 g/mol. The van der Waals surface area contributed by atoms with E-state index in [9.17, 15) is 27.6 Å². The van der Waals surface area contributed by atoms with Crippen molar-refractivity contribution in [3.8, 4) is 0 Å². The molecule has 0 aromatic heterocycles. The van der Waals surface area contributed by atoms with E-state index in [1.54, 1.807) is 37.3 Å². The van der Waals surface area contributed by atoms with Gasteiger partial charge in [0.05, 0.1) is 17.8 Å². The van der Waals surface area contributed by atoms with Crippen molar-refractivity contribution in [2.45, 2.75) is 32.0 Å². The number of carbonyl (C=O) groups is 3. The number of hydrogen-bond donors (Lipinski definition) is 1. The third-order valence-corrected chi connectivity index (χ3v) is 5.35. The van der Waals surface area contributed by atoms with Crippen LogP contribution in [0.1, 0.15) is 35.7 Å². The molecule has 0 aliphatic carbocycles. The first-order valence-corrected chi connectivity index (χ1v) is 10.3. The number of carbonyl (C=O) groups excluding carboxylic acids is 3. The molecule has 1 N–H and O–H groups in total. The lowest BCUT2D eigenvalue weighted by molar-refractivity contribution is -0.138. The highest BCUT2D eigenvalue weighted by Gasteiger charge is 2.37. The summed E-state index contributed by atoms with van der Waals surface area (Å²) in [5, 5.41) is 2.25. The van der Waals surface area contributed by atoms with Gasteiger partial charge < -0.3 is 15.1 Å². The first-order chi connectivity index (χ1) is 15.2. The normalized spacial score (nSPS) is 16.0. The minimum absolute atomic E-state index is 0.178. The van der Waals surface area contributed by atoms with Gasteiger partial charge in [0.25, 0.3) is 5.91 Å². The lowest BCUT2D eigenvalue weighted by Crippen LogP contribution is -2.49. The Labute approximate surface area is 184 Å². The lowest BCUT2D eigenvalue weighted by Gasteiger charge is -2.29. The number of anilines is 1. The van der Waals surface area contributed by atoms with Gasteiger partial charge in [0.15, 0.2) is 0 Å². The number of hydrogen-bond acceptors (Lipinski definition) is 3. The summed E-state index contributed by atoms with van der Waals surface area (Å²) >= 11 is 0. The molecule has 1 unspecified atom stereocenters. The van der Waals surface area contributed by atoms with E-state index in [0.29, 0.717) is 24.9 Å². The van der Waals surface area contributed by atoms with E-state index in [2.05, 4.69) is 5.32 Å². The van der Waals surface area contributed by atoms with Gasteiger partial charge in [0.2, 0.25) is 11.8 Å². The van der Waals surface area contributed by atoms with Gasteiger partial charge in [0, 0.05) is 18.7 Å². The standard InChI is InChI=1S/C23H24F3N3O3/c1-2-28(15-20(30)27-18-12-7-6-11-17(18)23(24,25)26)22(32)19-13-8-14-29(19)21(31)16-9-4-3-5-10-16/h3-7,9-12,19H,2,8,13-15H2,1H3,(H,27,30).